The van der Waals surface area contributed by atoms with E-state index >= 15 is 0 Å². The highest BCUT2D eigenvalue weighted by atomic mass is 35.5. The maximum Gasteiger partial charge on any atom is 0.135 e. The Morgan fingerprint density at radius 1 is 1.60 bits per heavy atom. The number of fused-ring (bicyclic) bond motifs is 2. The molecule has 2 bridgehead atoms. The third-order valence-electron chi connectivity index (χ3n) is 2.75. The summed E-state index contributed by atoms with van der Waals surface area (Å²) in [5.41, 5.74) is 1.23. The first-order valence-corrected chi connectivity index (χ1v) is 5.09. The van der Waals surface area contributed by atoms with Crippen LogP contribution in [0.2, 0.25) is 0 Å². The molecule has 2 atom stereocenters. The molecule has 2 rings (SSSR count). The van der Waals surface area contributed by atoms with Gasteiger partial charge in [-0.2, -0.15) is 0 Å². The van der Waals surface area contributed by atoms with E-state index in [-0.39, 0.29) is 12.4 Å². The van der Waals surface area contributed by atoms with E-state index in [1.165, 1.54) is 25.2 Å². The first-order chi connectivity index (χ1) is 6.90. The van der Waals surface area contributed by atoms with Gasteiger partial charge in [-0.1, -0.05) is 23.9 Å². The van der Waals surface area contributed by atoms with Crippen molar-refractivity contribution in [2.75, 3.05) is 26.2 Å². The zero-order valence-electron chi connectivity index (χ0n) is 8.76. The fraction of sp³-hybridized carbons (Fsp3) is 0.545. The lowest BCUT2D eigenvalue weighted by atomic mass is 10.0. The predicted molar refractivity (Wildman–Crippen MR) is 64.5 cm³/mol. The summed E-state index contributed by atoms with van der Waals surface area (Å²) in [4.78, 5) is 7.62. The molecule has 0 N–H and O–H groups in total. The molecule has 2 aliphatic rings. The zero-order valence-corrected chi connectivity index (χ0v) is 9.58. The number of rotatable bonds is 4. The van der Waals surface area contributed by atoms with Gasteiger partial charge in [0.25, 0.3) is 0 Å². The first-order valence-electron chi connectivity index (χ1n) is 5.09. The summed E-state index contributed by atoms with van der Waals surface area (Å²) >= 11 is 0. The fourth-order valence-corrected chi connectivity index (χ4v) is 2.02. The zero-order chi connectivity index (χ0) is 9.80. The summed E-state index contributed by atoms with van der Waals surface area (Å²) in [5, 5.41) is 4.17. The Bertz CT molecular complexity index is 276. The molecule has 2 heterocycles. The third kappa shape index (κ3) is 3.08. The Balaban J connectivity index is 0.00000112. The van der Waals surface area contributed by atoms with Crippen molar-refractivity contribution in [3.8, 4) is 0 Å². The Kier molecular flexibility index (Phi) is 4.85. The molecule has 84 valence electrons. The Hall–Kier alpha value is -0.800. The van der Waals surface area contributed by atoms with Gasteiger partial charge in [-0.3, -0.25) is 4.90 Å². The molecule has 0 aliphatic carbocycles. The van der Waals surface area contributed by atoms with Crippen molar-refractivity contribution >= 4 is 18.1 Å². The molecule has 0 spiro atoms. The van der Waals surface area contributed by atoms with Gasteiger partial charge in [-0.05, 0) is 19.0 Å². The third-order valence-corrected chi connectivity index (χ3v) is 2.75. The molecule has 0 radical (unpaired) electrons. The highest BCUT2D eigenvalue weighted by Gasteiger charge is 2.35. The van der Waals surface area contributed by atoms with E-state index in [4.69, 9.17) is 4.84 Å². The molecule has 2 unspecified atom stereocenters. The number of piperidine rings is 1. The molecule has 15 heavy (non-hydrogen) atoms. The second kappa shape index (κ2) is 5.93. The fourth-order valence-electron chi connectivity index (χ4n) is 2.02. The average Bonchev–Trinajstić information content (AvgIpc) is 2.79. The number of hydrogen-bond donors (Lipinski definition) is 0. The molecule has 3 nitrogen and oxygen atoms in total. The van der Waals surface area contributed by atoms with Crippen LogP contribution in [0.25, 0.3) is 0 Å². The second-order valence-electron chi connectivity index (χ2n) is 3.76. The highest BCUT2D eigenvalue weighted by molar-refractivity contribution is 5.91. The van der Waals surface area contributed by atoms with Crippen LogP contribution in [0.1, 0.15) is 6.42 Å². The van der Waals surface area contributed by atoms with Crippen LogP contribution in [0.4, 0.5) is 0 Å². The molecule has 2 fully saturated rings. The van der Waals surface area contributed by atoms with Gasteiger partial charge in [0.1, 0.15) is 6.61 Å². The lowest BCUT2D eigenvalue weighted by Gasteiger charge is -2.12. The monoisotopic (exact) mass is 228 g/mol. The normalized spacial score (nSPS) is 30.8. The van der Waals surface area contributed by atoms with Gasteiger partial charge in [0.2, 0.25) is 0 Å². The van der Waals surface area contributed by atoms with Crippen molar-refractivity contribution in [2.24, 2.45) is 11.1 Å². The summed E-state index contributed by atoms with van der Waals surface area (Å²) in [6, 6.07) is 0. The average molecular weight is 229 g/mol. The molecule has 0 aromatic carbocycles. The summed E-state index contributed by atoms with van der Waals surface area (Å²) in [5.74, 6) is 0.665. The standard InChI is InChI=1S/C11H16N2O.ClH/c1-2-3-4-7-14-12-11-9-13-6-5-10(11)8-13;/h2-4,10H,1,5-9H2;1H. The summed E-state index contributed by atoms with van der Waals surface area (Å²) < 4.78 is 0. The quantitative estimate of drug-likeness (QED) is 0.417. The van der Waals surface area contributed by atoms with Gasteiger partial charge in [0.05, 0.1) is 5.71 Å². The van der Waals surface area contributed by atoms with Crippen molar-refractivity contribution in [1.29, 1.82) is 0 Å². The van der Waals surface area contributed by atoms with Gasteiger partial charge < -0.3 is 4.84 Å². The molecule has 4 heteroatoms. The number of oxime groups is 1. The van der Waals surface area contributed by atoms with E-state index in [2.05, 4.69) is 16.6 Å². The lowest BCUT2D eigenvalue weighted by Crippen LogP contribution is -2.23. The van der Waals surface area contributed by atoms with Crippen LogP contribution in [-0.2, 0) is 4.84 Å². The van der Waals surface area contributed by atoms with Crippen molar-refractivity contribution in [3.63, 3.8) is 0 Å². The topological polar surface area (TPSA) is 24.8 Å². The van der Waals surface area contributed by atoms with Crippen LogP contribution in [0.5, 0.6) is 0 Å². The summed E-state index contributed by atoms with van der Waals surface area (Å²) in [6.45, 7) is 7.56. The van der Waals surface area contributed by atoms with Crippen molar-refractivity contribution in [1.82, 2.24) is 4.90 Å². The van der Waals surface area contributed by atoms with Crippen molar-refractivity contribution in [2.45, 2.75) is 6.42 Å². The maximum atomic E-state index is 5.20. The summed E-state index contributed by atoms with van der Waals surface area (Å²) in [7, 11) is 0. The van der Waals surface area contributed by atoms with E-state index in [0.29, 0.717) is 12.5 Å². The Morgan fingerprint density at radius 2 is 2.47 bits per heavy atom. The Labute approximate surface area is 96.9 Å². The van der Waals surface area contributed by atoms with Crippen molar-refractivity contribution < 1.29 is 4.84 Å². The van der Waals surface area contributed by atoms with Crippen LogP contribution in [0.3, 0.4) is 0 Å². The van der Waals surface area contributed by atoms with Gasteiger partial charge in [0.15, 0.2) is 0 Å². The molecular formula is C11H17ClN2O. The van der Waals surface area contributed by atoms with E-state index in [1.54, 1.807) is 6.08 Å². The van der Waals surface area contributed by atoms with Crippen LogP contribution >= 0.6 is 12.4 Å². The van der Waals surface area contributed by atoms with Crippen LogP contribution < -0.4 is 0 Å². The van der Waals surface area contributed by atoms with Gasteiger partial charge in [-0.15, -0.1) is 12.4 Å². The van der Waals surface area contributed by atoms with Crippen molar-refractivity contribution in [3.05, 3.63) is 24.8 Å². The van der Waals surface area contributed by atoms with Gasteiger partial charge in [-0.25, -0.2) is 0 Å². The number of hydrogen-bond acceptors (Lipinski definition) is 3. The van der Waals surface area contributed by atoms with E-state index in [9.17, 15) is 0 Å². The molecule has 0 aromatic heterocycles. The predicted octanol–water partition coefficient (Wildman–Crippen LogP) is 1.86. The maximum absolute atomic E-state index is 5.20. The SMILES string of the molecule is C=CC=CCON=C1CN2CCC1C2.Cl. The van der Waals surface area contributed by atoms with E-state index in [1.807, 2.05) is 12.2 Å². The van der Waals surface area contributed by atoms with E-state index < -0.39 is 0 Å². The van der Waals surface area contributed by atoms with Gasteiger partial charge in [0, 0.05) is 19.0 Å². The highest BCUT2D eigenvalue weighted by Crippen LogP contribution is 2.25. The first kappa shape index (κ1) is 12.3. The number of allylic oxidation sites excluding steroid dienone is 2. The van der Waals surface area contributed by atoms with Crippen LogP contribution in [-0.4, -0.2) is 36.9 Å². The minimum absolute atomic E-state index is 0. The smallest absolute Gasteiger partial charge is 0.135 e. The molecule has 2 aliphatic heterocycles. The number of halogens is 1. The molecule has 0 aromatic rings. The van der Waals surface area contributed by atoms with Gasteiger partial charge >= 0.3 is 0 Å². The minimum atomic E-state index is 0. The van der Waals surface area contributed by atoms with Crippen LogP contribution in [0, 0.1) is 5.92 Å². The summed E-state index contributed by atoms with van der Waals surface area (Å²) in [6.07, 6.45) is 6.76. The molecule has 0 amide bonds. The molecule has 0 saturated carbocycles. The molecule has 2 saturated heterocycles. The second-order valence-corrected chi connectivity index (χ2v) is 3.76. The number of nitrogens with zero attached hydrogens (tertiary/aromatic N) is 2. The Morgan fingerprint density at radius 3 is 3.07 bits per heavy atom. The van der Waals surface area contributed by atoms with Crippen LogP contribution in [0.15, 0.2) is 30.0 Å². The molecular weight excluding hydrogens is 212 g/mol. The van der Waals surface area contributed by atoms with E-state index in [0.717, 1.165) is 6.54 Å². The lowest BCUT2D eigenvalue weighted by molar-refractivity contribution is 0.172. The largest absolute Gasteiger partial charge is 0.392 e. The minimum Gasteiger partial charge on any atom is -0.392 e.